The van der Waals surface area contributed by atoms with Crippen molar-refractivity contribution in [3.63, 3.8) is 0 Å². The number of sulfonamides is 1. The number of benzene rings is 1. The lowest BCUT2D eigenvalue weighted by Gasteiger charge is -2.09. The molecular formula is C13H14ClNO4S2. The van der Waals surface area contributed by atoms with Crippen LogP contribution in [0.2, 0.25) is 0 Å². The minimum Gasteiger partial charge on any atom is -0.280 e. The summed E-state index contributed by atoms with van der Waals surface area (Å²) >= 11 is 0. The van der Waals surface area contributed by atoms with Crippen LogP contribution < -0.4 is 4.72 Å². The average molecular weight is 348 g/mol. The average Bonchev–Trinajstić information content (AvgIpc) is 2.42. The topological polar surface area (TPSA) is 80.3 Å². The van der Waals surface area contributed by atoms with Crippen LogP contribution in [0.1, 0.15) is 6.92 Å². The van der Waals surface area contributed by atoms with E-state index in [0.717, 1.165) is 6.07 Å². The third-order valence-electron chi connectivity index (χ3n) is 2.34. The van der Waals surface area contributed by atoms with E-state index in [9.17, 15) is 16.8 Å². The van der Waals surface area contributed by atoms with Crippen LogP contribution >= 0.6 is 10.7 Å². The minimum atomic E-state index is -4.00. The van der Waals surface area contributed by atoms with Crippen LogP contribution in [0.3, 0.4) is 0 Å². The van der Waals surface area contributed by atoms with E-state index in [4.69, 9.17) is 10.7 Å². The predicted octanol–water partition coefficient (Wildman–Crippen LogP) is 2.54. The van der Waals surface area contributed by atoms with Crippen molar-refractivity contribution in [2.45, 2.75) is 16.7 Å². The lowest BCUT2D eigenvalue weighted by Crippen LogP contribution is -2.22. The third kappa shape index (κ3) is 5.04. The molecule has 1 N–H and O–H groups in total. The summed E-state index contributed by atoms with van der Waals surface area (Å²) in [6.45, 7) is 5.28. The van der Waals surface area contributed by atoms with Gasteiger partial charge in [-0.25, -0.2) is 16.8 Å². The summed E-state index contributed by atoms with van der Waals surface area (Å²) in [4.78, 5) is -0.498. The molecule has 0 aliphatic rings. The summed E-state index contributed by atoms with van der Waals surface area (Å²) in [6, 6.07) is 4.77. The van der Waals surface area contributed by atoms with E-state index in [1.54, 1.807) is 19.1 Å². The van der Waals surface area contributed by atoms with Crippen molar-refractivity contribution in [3.8, 4) is 0 Å². The highest BCUT2D eigenvalue weighted by Crippen LogP contribution is 2.19. The van der Waals surface area contributed by atoms with Gasteiger partial charge >= 0.3 is 0 Å². The van der Waals surface area contributed by atoms with E-state index in [1.165, 1.54) is 30.4 Å². The Morgan fingerprint density at radius 3 is 2.38 bits per heavy atom. The van der Waals surface area contributed by atoms with E-state index in [2.05, 4.69) is 11.3 Å². The maximum Gasteiger partial charge on any atom is 0.261 e. The highest BCUT2D eigenvalue weighted by molar-refractivity contribution is 8.13. The quantitative estimate of drug-likeness (QED) is 0.633. The molecule has 0 aromatic heterocycles. The Morgan fingerprint density at radius 2 is 1.86 bits per heavy atom. The summed E-state index contributed by atoms with van der Waals surface area (Å²) in [6.07, 6.45) is 6.21. The molecule has 1 rings (SSSR count). The van der Waals surface area contributed by atoms with Crippen LogP contribution in [0, 0.1) is 0 Å². The zero-order valence-corrected chi connectivity index (χ0v) is 13.5. The van der Waals surface area contributed by atoms with Crippen LogP contribution in [0.25, 0.3) is 0 Å². The molecule has 0 saturated heterocycles. The first kappa shape index (κ1) is 17.5. The van der Waals surface area contributed by atoms with Gasteiger partial charge in [0.25, 0.3) is 19.1 Å². The molecule has 0 radical (unpaired) electrons. The van der Waals surface area contributed by atoms with Gasteiger partial charge in [0.2, 0.25) is 0 Å². The van der Waals surface area contributed by atoms with Crippen LogP contribution in [0.15, 0.2) is 70.6 Å². The minimum absolute atomic E-state index is 0.211. The van der Waals surface area contributed by atoms with Gasteiger partial charge < -0.3 is 0 Å². The second-order valence-electron chi connectivity index (χ2n) is 3.87. The van der Waals surface area contributed by atoms with E-state index in [-0.39, 0.29) is 15.5 Å². The maximum absolute atomic E-state index is 12.2. The second kappa shape index (κ2) is 6.93. The van der Waals surface area contributed by atoms with Gasteiger partial charge in [-0.3, -0.25) is 4.72 Å². The first-order valence-corrected chi connectivity index (χ1v) is 9.53. The van der Waals surface area contributed by atoms with E-state index in [0.29, 0.717) is 0 Å². The van der Waals surface area contributed by atoms with Gasteiger partial charge in [-0.1, -0.05) is 24.8 Å². The van der Waals surface area contributed by atoms with Crippen LogP contribution in [0.4, 0.5) is 0 Å². The fourth-order valence-electron chi connectivity index (χ4n) is 1.35. The summed E-state index contributed by atoms with van der Waals surface area (Å²) < 4.78 is 49.2. The highest BCUT2D eigenvalue weighted by atomic mass is 35.7. The van der Waals surface area contributed by atoms with E-state index < -0.39 is 19.1 Å². The Labute approximate surface area is 129 Å². The van der Waals surface area contributed by atoms with Gasteiger partial charge in [0, 0.05) is 16.4 Å². The lowest BCUT2D eigenvalue weighted by molar-refractivity contribution is 0.589. The van der Waals surface area contributed by atoms with Gasteiger partial charge in [0.05, 0.1) is 9.79 Å². The fourth-order valence-corrected chi connectivity index (χ4v) is 3.34. The van der Waals surface area contributed by atoms with Crippen molar-refractivity contribution in [1.82, 2.24) is 4.72 Å². The molecule has 0 aliphatic carbocycles. The van der Waals surface area contributed by atoms with Crippen molar-refractivity contribution in [3.05, 3.63) is 60.8 Å². The zero-order valence-electron chi connectivity index (χ0n) is 11.2. The van der Waals surface area contributed by atoms with Crippen molar-refractivity contribution < 1.29 is 16.8 Å². The Kier molecular flexibility index (Phi) is 5.77. The molecule has 5 nitrogen and oxygen atoms in total. The summed E-state index contributed by atoms with van der Waals surface area (Å²) in [5, 5.41) is 0. The third-order valence-corrected chi connectivity index (χ3v) is 5.07. The van der Waals surface area contributed by atoms with Crippen molar-refractivity contribution in [1.29, 1.82) is 0 Å². The van der Waals surface area contributed by atoms with Crippen molar-refractivity contribution >= 4 is 29.8 Å². The zero-order chi connectivity index (χ0) is 16.1. The van der Waals surface area contributed by atoms with Gasteiger partial charge in [-0.05, 0) is 37.3 Å². The van der Waals surface area contributed by atoms with Crippen LogP contribution in [-0.4, -0.2) is 16.8 Å². The largest absolute Gasteiger partial charge is 0.280 e. The van der Waals surface area contributed by atoms with E-state index in [1.807, 2.05) is 0 Å². The standard InChI is InChI=1S/C13H14ClNO4S2/c1-3-5-7-11(4-2)15-21(18,19)13-9-6-8-12(10-13)20(14,16)17/h3-10,15H,2H2,1H3/b5-3-,11-7+. The van der Waals surface area contributed by atoms with Gasteiger partial charge in [0.1, 0.15) is 0 Å². The number of rotatable bonds is 6. The number of hydrogen-bond donors (Lipinski definition) is 1. The number of halogens is 1. The number of allylic oxidation sites excluding steroid dienone is 4. The van der Waals surface area contributed by atoms with Crippen LogP contribution in [0.5, 0.6) is 0 Å². The Morgan fingerprint density at radius 1 is 1.24 bits per heavy atom. The van der Waals surface area contributed by atoms with Crippen molar-refractivity contribution in [2.24, 2.45) is 0 Å². The first-order chi connectivity index (χ1) is 9.70. The molecular weight excluding hydrogens is 334 g/mol. The lowest BCUT2D eigenvalue weighted by atomic mass is 10.4. The van der Waals surface area contributed by atoms with Gasteiger partial charge in [-0.15, -0.1) is 0 Å². The molecule has 0 aliphatic heterocycles. The summed E-state index contributed by atoms with van der Waals surface area (Å²) in [5.41, 5.74) is 0.257. The Balaban J connectivity index is 3.23. The molecule has 114 valence electrons. The molecule has 0 saturated carbocycles. The Bertz CT molecular complexity index is 793. The number of nitrogens with one attached hydrogen (secondary N) is 1. The van der Waals surface area contributed by atoms with Crippen molar-refractivity contribution in [2.75, 3.05) is 0 Å². The Hall–Kier alpha value is -1.57. The second-order valence-corrected chi connectivity index (χ2v) is 8.12. The smallest absolute Gasteiger partial charge is 0.261 e. The molecule has 0 amide bonds. The molecule has 0 unspecified atom stereocenters. The highest BCUT2D eigenvalue weighted by Gasteiger charge is 2.18. The van der Waals surface area contributed by atoms with Gasteiger partial charge in [-0.2, -0.15) is 0 Å². The SMILES string of the molecule is C=C/C(=C\C=C/C)NS(=O)(=O)c1cccc(S(=O)(=O)Cl)c1. The molecule has 0 bridgehead atoms. The van der Waals surface area contributed by atoms with Gasteiger partial charge in [0.15, 0.2) is 0 Å². The molecule has 1 aromatic rings. The van der Waals surface area contributed by atoms with Crippen LogP contribution in [-0.2, 0) is 19.1 Å². The first-order valence-electron chi connectivity index (χ1n) is 5.73. The summed E-state index contributed by atoms with van der Waals surface area (Å²) in [5.74, 6) is 0. The monoisotopic (exact) mass is 347 g/mol. The number of hydrogen-bond acceptors (Lipinski definition) is 4. The molecule has 1 aromatic carbocycles. The van der Waals surface area contributed by atoms with E-state index >= 15 is 0 Å². The fraction of sp³-hybridized carbons (Fsp3) is 0.0769. The molecule has 21 heavy (non-hydrogen) atoms. The maximum atomic E-state index is 12.2. The molecule has 0 spiro atoms. The molecule has 0 heterocycles. The summed E-state index contributed by atoms with van der Waals surface area (Å²) in [7, 11) is -2.73. The molecule has 0 atom stereocenters. The molecule has 8 heteroatoms. The normalized spacial score (nSPS) is 13.3. The predicted molar refractivity (Wildman–Crippen MR) is 82.9 cm³/mol. The molecule has 0 fully saturated rings.